The van der Waals surface area contributed by atoms with Crippen molar-refractivity contribution in [2.24, 2.45) is 5.73 Å². The average molecular weight is 255 g/mol. The van der Waals surface area contributed by atoms with Crippen molar-refractivity contribution in [2.45, 2.75) is 39.0 Å². The molecule has 1 aliphatic carbocycles. The summed E-state index contributed by atoms with van der Waals surface area (Å²) in [5, 5.41) is 4.78. The number of benzene rings is 1. The Balaban J connectivity index is 2.20. The molecule has 2 aromatic rings. The van der Waals surface area contributed by atoms with E-state index in [0.717, 1.165) is 12.1 Å². The molecule has 3 heteroatoms. The summed E-state index contributed by atoms with van der Waals surface area (Å²) < 4.78 is 2.14. The van der Waals surface area contributed by atoms with Gasteiger partial charge >= 0.3 is 0 Å². The highest BCUT2D eigenvalue weighted by Gasteiger charge is 2.27. The maximum atomic E-state index is 5.97. The number of fused-ring (bicyclic) bond motifs is 1. The monoisotopic (exact) mass is 255 g/mol. The predicted octanol–water partition coefficient (Wildman–Crippen LogP) is 2.87. The molecule has 19 heavy (non-hydrogen) atoms. The lowest BCUT2D eigenvalue weighted by Crippen LogP contribution is -2.21. The number of rotatable bonds is 2. The van der Waals surface area contributed by atoms with Crippen LogP contribution < -0.4 is 5.73 Å². The summed E-state index contributed by atoms with van der Waals surface area (Å²) in [6.07, 6.45) is 3.55. The molecule has 1 aliphatic rings. The minimum atomic E-state index is 0.449. The molecule has 1 aromatic heterocycles. The Kier molecular flexibility index (Phi) is 3.15. The second kappa shape index (κ2) is 4.82. The van der Waals surface area contributed by atoms with Crippen molar-refractivity contribution in [3.63, 3.8) is 0 Å². The van der Waals surface area contributed by atoms with Crippen LogP contribution in [0.15, 0.2) is 24.3 Å². The Labute approximate surface area is 114 Å². The first kappa shape index (κ1) is 12.4. The molecule has 0 amide bonds. The zero-order valence-corrected chi connectivity index (χ0v) is 11.7. The fraction of sp³-hybridized carbons (Fsp3) is 0.438. The molecular weight excluding hydrogens is 234 g/mol. The minimum Gasteiger partial charge on any atom is -0.330 e. The number of nitrogens with two attached hydrogens (primary N) is 1. The van der Waals surface area contributed by atoms with Crippen LogP contribution in [0, 0.1) is 13.8 Å². The molecule has 1 unspecified atom stereocenters. The molecule has 100 valence electrons. The first-order valence-electron chi connectivity index (χ1n) is 7.07. The molecule has 0 saturated heterocycles. The van der Waals surface area contributed by atoms with Gasteiger partial charge in [0.2, 0.25) is 0 Å². The Hall–Kier alpha value is -1.61. The second-order valence-electron chi connectivity index (χ2n) is 5.47. The largest absolute Gasteiger partial charge is 0.330 e. The van der Waals surface area contributed by atoms with Crippen LogP contribution in [0.1, 0.15) is 41.3 Å². The van der Waals surface area contributed by atoms with Gasteiger partial charge in [0, 0.05) is 12.5 Å². The van der Waals surface area contributed by atoms with Crippen LogP contribution in [0.5, 0.6) is 0 Å². The van der Waals surface area contributed by atoms with Crippen LogP contribution in [0.25, 0.3) is 5.69 Å². The minimum absolute atomic E-state index is 0.449. The predicted molar refractivity (Wildman–Crippen MR) is 77.8 cm³/mol. The van der Waals surface area contributed by atoms with Gasteiger partial charge in [-0.15, -0.1) is 0 Å². The maximum Gasteiger partial charge on any atom is 0.0678 e. The number of aryl methyl sites for hydroxylation is 2. The van der Waals surface area contributed by atoms with Crippen molar-refractivity contribution < 1.29 is 0 Å². The van der Waals surface area contributed by atoms with E-state index in [0.29, 0.717) is 12.5 Å². The van der Waals surface area contributed by atoms with E-state index in [-0.39, 0.29) is 0 Å². The normalized spacial score (nSPS) is 18.4. The number of nitrogens with zero attached hydrogens (tertiary/aromatic N) is 2. The van der Waals surface area contributed by atoms with Crippen molar-refractivity contribution in [3.8, 4) is 5.69 Å². The zero-order valence-electron chi connectivity index (χ0n) is 11.7. The van der Waals surface area contributed by atoms with E-state index in [4.69, 9.17) is 10.8 Å². The van der Waals surface area contributed by atoms with E-state index < -0.39 is 0 Å². The quantitative estimate of drug-likeness (QED) is 0.896. The van der Waals surface area contributed by atoms with Crippen molar-refractivity contribution in [1.82, 2.24) is 9.78 Å². The van der Waals surface area contributed by atoms with Gasteiger partial charge in [0.05, 0.1) is 17.1 Å². The Morgan fingerprint density at radius 2 is 2.11 bits per heavy atom. The maximum absolute atomic E-state index is 5.97. The van der Waals surface area contributed by atoms with Gasteiger partial charge in [-0.2, -0.15) is 5.10 Å². The highest BCUT2D eigenvalue weighted by atomic mass is 15.3. The number of hydrogen-bond donors (Lipinski definition) is 1. The fourth-order valence-corrected chi connectivity index (χ4v) is 3.18. The Bertz CT molecular complexity index is 598. The SMILES string of the molecule is Cc1ccccc1-n1nc(C)c2c1C(CN)CCC2. The Morgan fingerprint density at radius 3 is 2.84 bits per heavy atom. The van der Waals surface area contributed by atoms with Crippen LogP contribution in [-0.2, 0) is 6.42 Å². The molecular formula is C16H21N3. The third kappa shape index (κ3) is 1.98. The fourth-order valence-electron chi connectivity index (χ4n) is 3.18. The topological polar surface area (TPSA) is 43.8 Å². The standard InChI is InChI=1S/C16H21N3/c1-11-6-3-4-9-15(11)19-16-13(10-17)7-5-8-14(16)12(2)18-19/h3-4,6,9,13H,5,7-8,10,17H2,1-2H3. The Morgan fingerprint density at radius 1 is 1.32 bits per heavy atom. The van der Waals surface area contributed by atoms with Crippen molar-refractivity contribution >= 4 is 0 Å². The molecule has 3 nitrogen and oxygen atoms in total. The van der Waals surface area contributed by atoms with E-state index in [1.165, 1.54) is 35.3 Å². The highest BCUT2D eigenvalue weighted by molar-refractivity contribution is 5.44. The molecule has 0 aliphatic heterocycles. The molecule has 3 rings (SSSR count). The highest BCUT2D eigenvalue weighted by Crippen LogP contribution is 2.34. The first-order chi connectivity index (χ1) is 9.22. The summed E-state index contributed by atoms with van der Waals surface area (Å²) in [7, 11) is 0. The number of hydrogen-bond acceptors (Lipinski definition) is 2. The van der Waals surface area contributed by atoms with Crippen LogP contribution >= 0.6 is 0 Å². The molecule has 0 radical (unpaired) electrons. The van der Waals surface area contributed by atoms with Crippen LogP contribution in [0.4, 0.5) is 0 Å². The van der Waals surface area contributed by atoms with Crippen molar-refractivity contribution in [2.75, 3.05) is 6.54 Å². The number of para-hydroxylation sites is 1. The average Bonchev–Trinajstić information content (AvgIpc) is 2.77. The van der Waals surface area contributed by atoms with Crippen LogP contribution in [0.2, 0.25) is 0 Å². The van der Waals surface area contributed by atoms with E-state index in [2.05, 4.69) is 42.8 Å². The summed E-state index contributed by atoms with van der Waals surface area (Å²) in [6, 6.07) is 8.43. The smallest absolute Gasteiger partial charge is 0.0678 e. The van der Waals surface area contributed by atoms with Gasteiger partial charge < -0.3 is 5.73 Å². The zero-order chi connectivity index (χ0) is 13.4. The van der Waals surface area contributed by atoms with E-state index in [1.54, 1.807) is 0 Å². The first-order valence-corrected chi connectivity index (χ1v) is 7.07. The van der Waals surface area contributed by atoms with Crippen LogP contribution in [-0.4, -0.2) is 16.3 Å². The molecule has 0 fully saturated rings. The molecule has 0 bridgehead atoms. The van der Waals surface area contributed by atoms with Gasteiger partial charge in [0.25, 0.3) is 0 Å². The summed E-state index contributed by atoms with van der Waals surface area (Å²) >= 11 is 0. The lowest BCUT2D eigenvalue weighted by atomic mass is 9.86. The van der Waals surface area contributed by atoms with Gasteiger partial charge in [0.1, 0.15) is 0 Å². The van der Waals surface area contributed by atoms with Crippen LogP contribution in [0.3, 0.4) is 0 Å². The molecule has 0 saturated carbocycles. The summed E-state index contributed by atoms with van der Waals surface area (Å²) in [5.74, 6) is 0.449. The third-order valence-electron chi connectivity index (χ3n) is 4.22. The van der Waals surface area contributed by atoms with Gasteiger partial charge in [-0.1, -0.05) is 18.2 Å². The molecule has 1 aromatic carbocycles. The lowest BCUT2D eigenvalue weighted by Gasteiger charge is -2.23. The third-order valence-corrected chi connectivity index (χ3v) is 4.22. The van der Waals surface area contributed by atoms with Gasteiger partial charge in [-0.05, 0) is 50.3 Å². The van der Waals surface area contributed by atoms with E-state index in [9.17, 15) is 0 Å². The molecule has 0 spiro atoms. The van der Waals surface area contributed by atoms with Crippen molar-refractivity contribution in [1.29, 1.82) is 0 Å². The second-order valence-corrected chi connectivity index (χ2v) is 5.47. The number of aromatic nitrogens is 2. The summed E-state index contributed by atoms with van der Waals surface area (Å²) in [5.41, 5.74) is 12.3. The molecule has 1 atom stereocenters. The lowest BCUT2D eigenvalue weighted by molar-refractivity contribution is 0.534. The van der Waals surface area contributed by atoms with Crippen molar-refractivity contribution in [3.05, 3.63) is 46.8 Å². The van der Waals surface area contributed by atoms with Gasteiger partial charge in [0.15, 0.2) is 0 Å². The van der Waals surface area contributed by atoms with E-state index in [1.807, 2.05) is 0 Å². The summed E-state index contributed by atoms with van der Waals surface area (Å²) in [4.78, 5) is 0. The molecule has 1 heterocycles. The summed E-state index contributed by atoms with van der Waals surface area (Å²) in [6.45, 7) is 4.97. The molecule has 2 N–H and O–H groups in total. The van der Waals surface area contributed by atoms with Gasteiger partial charge in [-0.3, -0.25) is 0 Å². The van der Waals surface area contributed by atoms with E-state index >= 15 is 0 Å². The van der Waals surface area contributed by atoms with Gasteiger partial charge in [-0.25, -0.2) is 4.68 Å².